The van der Waals surface area contributed by atoms with Crippen LogP contribution in [0.3, 0.4) is 0 Å². The number of rotatable bonds is 5. The van der Waals surface area contributed by atoms with Gasteiger partial charge in [0.25, 0.3) is 0 Å². The maximum Gasteiger partial charge on any atom is 0.120 e. The van der Waals surface area contributed by atoms with E-state index in [1.807, 2.05) is 24.3 Å². The maximum atomic E-state index is 10.1. The van der Waals surface area contributed by atoms with Crippen LogP contribution in [0.1, 0.15) is 44.0 Å². The summed E-state index contributed by atoms with van der Waals surface area (Å²) in [6.45, 7) is 6.49. The number of hydrogen-bond donors (Lipinski definition) is 2. The van der Waals surface area contributed by atoms with Gasteiger partial charge in [0.05, 0.1) is 0 Å². The average Bonchev–Trinajstić information content (AvgIpc) is 2.46. The van der Waals surface area contributed by atoms with E-state index in [4.69, 9.17) is 0 Å². The van der Waals surface area contributed by atoms with Gasteiger partial charge < -0.3 is 10.4 Å². The monoisotopic (exact) mass is 269 g/mol. The summed E-state index contributed by atoms with van der Waals surface area (Å²) in [7, 11) is 0. The topological polar surface area (TPSA) is 32.3 Å². The number of hydrogen-bond acceptors (Lipinski definition) is 2. The van der Waals surface area contributed by atoms with Crippen LogP contribution < -0.4 is 5.32 Å². The molecule has 0 bridgehead atoms. The van der Waals surface area contributed by atoms with Gasteiger partial charge in [-0.15, -0.1) is 0 Å². The molecule has 0 fully saturated rings. The molecule has 2 aromatic carbocycles. The Balaban J connectivity index is 2.21. The fourth-order valence-corrected chi connectivity index (χ4v) is 2.50. The van der Waals surface area contributed by atoms with Crippen molar-refractivity contribution >= 4 is 0 Å². The Hall–Kier alpha value is -1.80. The summed E-state index contributed by atoms with van der Waals surface area (Å²) in [6, 6.07) is 18.3. The highest BCUT2D eigenvalue weighted by Gasteiger charge is 2.21. The number of phenolic OH excluding ortho intramolecular Hbond substituents is 1. The van der Waals surface area contributed by atoms with Crippen molar-refractivity contribution in [2.45, 2.75) is 32.9 Å². The van der Waals surface area contributed by atoms with E-state index in [0.717, 1.165) is 5.56 Å². The Labute approximate surface area is 121 Å². The second-order valence-electron chi connectivity index (χ2n) is 5.58. The highest BCUT2D eigenvalue weighted by molar-refractivity contribution is 5.35. The van der Waals surface area contributed by atoms with Crippen LogP contribution in [0.5, 0.6) is 5.75 Å². The Morgan fingerprint density at radius 3 is 2.05 bits per heavy atom. The van der Waals surface area contributed by atoms with Crippen molar-refractivity contribution in [3.8, 4) is 5.75 Å². The van der Waals surface area contributed by atoms with Crippen LogP contribution in [0.15, 0.2) is 54.6 Å². The zero-order valence-corrected chi connectivity index (χ0v) is 12.4. The molecule has 2 aromatic rings. The molecule has 0 saturated heterocycles. The van der Waals surface area contributed by atoms with Gasteiger partial charge in [-0.2, -0.15) is 0 Å². The van der Waals surface area contributed by atoms with Crippen molar-refractivity contribution in [2.24, 2.45) is 5.92 Å². The van der Waals surface area contributed by atoms with Crippen LogP contribution in [-0.4, -0.2) is 5.11 Å². The Bertz CT molecular complexity index is 536. The summed E-state index contributed by atoms with van der Waals surface area (Å²) in [5.74, 6) is 0.758. The van der Waals surface area contributed by atoms with E-state index >= 15 is 0 Å². The van der Waals surface area contributed by atoms with Gasteiger partial charge in [0.2, 0.25) is 0 Å². The predicted molar refractivity (Wildman–Crippen MR) is 83.7 cm³/mol. The van der Waals surface area contributed by atoms with Gasteiger partial charge in [0.1, 0.15) is 5.75 Å². The lowest BCUT2D eigenvalue weighted by Gasteiger charge is -2.27. The number of nitrogens with one attached hydrogen (secondary N) is 1. The zero-order chi connectivity index (χ0) is 14.5. The SMILES string of the molecule is CC(C)[C@@H](N[C@H](C)c1ccccc1)c1ccccc1O. The third kappa shape index (κ3) is 3.40. The lowest BCUT2D eigenvalue weighted by molar-refractivity contribution is 0.358. The average molecular weight is 269 g/mol. The van der Waals surface area contributed by atoms with Gasteiger partial charge in [-0.25, -0.2) is 0 Å². The first-order chi connectivity index (χ1) is 9.59. The van der Waals surface area contributed by atoms with Crippen LogP contribution >= 0.6 is 0 Å². The summed E-state index contributed by atoms with van der Waals surface area (Å²) < 4.78 is 0. The van der Waals surface area contributed by atoms with E-state index in [1.165, 1.54) is 5.56 Å². The first-order valence-electron chi connectivity index (χ1n) is 7.18. The van der Waals surface area contributed by atoms with Crippen LogP contribution in [0.2, 0.25) is 0 Å². The number of benzene rings is 2. The van der Waals surface area contributed by atoms with Gasteiger partial charge in [0.15, 0.2) is 0 Å². The van der Waals surface area contributed by atoms with Gasteiger partial charge in [-0.1, -0.05) is 62.4 Å². The van der Waals surface area contributed by atoms with Gasteiger partial charge >= 0.3 is 0 Å². The fourth-order valence-electron chi connectivity index (χ4n) is 2.50. The van der Waals surface area contributed by atoms with Gasteiger partial charge in [0, 0.05) is 17.6 Å². The normalized spacial score (nSPS) is 14.2. The van der Waals surface area contributed by atoms with Crippen molar-refractivity contribution in [1.29, 1.82) is 0 Å². The van der Waals surface area contributed by atoms with Crippen molar-refractivity contribution in [3.05, 3.63) is 65.7 Å². The van der Waals surface area contributed by atoms with Gasteiger partial charge in [-0.3, -0.25) is 0 Å². The van der Waals surface area contributed by atoms with Crippen molar-refractivity contribution < 1.29 is 5.11 Å². The molecular weight excluding hydrogens is 246 g/mol. The molecule has 0 aliphatic heterocycles. The molecule has 0 aliphatic carbocycles. The lowest BCUT2D eigenvalue weighted by Crippen LogP contribution is -2.28. The van der Waals surface area contributed by atoms with E-state index in [0.29, 0.717) is 11.7 Å². The molecule has 2 N–H and O–H groups in total. The highest BCUT2D eigenvalue weighted by atomic mass is 16.3. The molecule has 106 valence electrons. The molecule has 0 aliphatic rings. The van der Waals surface area contributed by atoms with E-state index in [2.05, 4.69) is 50.4 Å². The summed E-state index contributed by atoms with van der Waals surface area (Å²) in [5.41, 5.74) is 2.22. The largest absolute Gasteiger partial charge is 0.508 e. The molecule has 2 nitrogen and oxygen atoms in total. The molecular formula is C18H23NO. The standard InChI is InChI=1S/C18H23NO/c1-13(2)18(16-11-7-8-12-17(16)20)19-14(3)15-9-5-4-6-10-15/h4-14,18-20H,1-3H3/t14-,18-/m1/s1. The van der Waals surface area contributed by atoms with Crippen molar-refractivity contribution in [3.63, 3.8) is 0 Å². The van der Waals surface area contributed by atoms with Crippen LogP contribution in [-0.2, 0) is 0 Å². The maximum absolute atomic E-state index is 10.1. The first kappa shape index (κ1) is 14.6. The highest BCUT2D eigenvalue weighted by Crippen LogP contribution is 2.31. The third-order valence-corrected chi connectivity index (χ3v) is 3.67. The summed E-state index contributed by atoms with van der Waals surface area (Å²) >= 11 is 0. The molecule has 0 heterocycles. The number of phenols is 1. The minimum Gasteiger partial charge on any atom is -0.508 e. The van der Waals surface area contributed by atoms with Crippen LogP contribution in [0.4, 0.5) is 0 Å². The molecule has 0 aromatic heterocycles. The van der Waals surface area contributed by atoms with Crippen molar-refractivity contribution in [1.82, 2.24) is 5.32 Å². The minimum atomic E-state index is 0.131. The third-order valence-electron chi connectivity index (χ3n) is 3.67. The summed E-state index contributed by atoms with van der Waals surface area (Å²) in [6.07, 6.45) is 0. The quantitative estimate of drug-likeness (QED) is 0.841. The predicted octanol–water partition coefficient (Wildman–Crippen LogP) is 4.44. The molecule has 0 amide bonds. The second kappa shape index (κ2) is 6.58. The van der Waals surface area contributed by atoms with E-state index < -0.39 is 0 Å². The Morgan fingerprint density at radius 2 is 1.45 bits per heavy atom. The van der Waals surface area contributed by atoms with Crippen LogP contribution in [0, 0.1) is 5.92 Å². The number of para-hydroxylation sites is 1. The minimum absolute atomic E-state index is 0.131. The molecule has 0 unspecified atom stereocenters. The Morgan fingerprint density at radius 1 is 0.850 bits per heavy atom. The summed E-state index contributed by atoms with van der Waals surface area (Å²) in [4.78, 5) is 0. The fraction of sp³-hybridized carbons (Fsp3) is 0.333. The van der Waals surface area contributed by atoms with Crippen molar-refractivity contribution in [2.75, 3.05) is 0 Å². The van der Waals surface area contributed by atoms with Crippen LogP contribution in [0.25, 0.3) is 0 Å². The molecule has 0 spiro atoms. The molecule has 20 heavy (non-hydrogen) atoms. The molecule has 2 atom stereocenters. The van der Waals surface area contributed by atoms with E-state index in [-0.39, 0.29) is 12.1 Å². The van der Waals surface area contributed by atoms with E-state index in [9.17, 15) is 5.11 Å². The molecule has 2 heteroatoms. The molecule has 0 saturated carbocycles. The first-order valence-corrected chi connectivity index (χ1v) is 7.18. The second-order valence-corrected chi connectivity index (χ2v) is 5.58. The lowest BCUT2D eigenvalue weighted by atomic mass is 9.93. The molecule has 0 radical (unpaired) electrons. The molecule has 2 rings (SSSR count). The van der Waals surface area contributed by atoms with Gasteiger partial charge in [-0.05, 0) is 24.5 Å². The summed E-state index contributed by atoms with van der Waals surface area (Å²) in [5, 5.41) is 13.7. The smallest absolute Gasteiger partial charge is 0.120 e. The Kier molecular flexibility index (Phi) is 4.80. The van der Waals surface area contributed by atoms with E-state index in [1.54, 1.807) is 6.07 Å². The number of aromatic hydroxyl groups is 1. The zero-order valence-electron chi connectivity index (χ0n) is 12.4.